The van der Waals surface area contributed by atoms with E-state index in [1.807, 2.05) is 6.92 Å². The molecule has 1 heterocycles. The molecule has 0 aliphatic carbocycles. The maximum absolute atomic E-state index is 12.5. The summed E-state index contributed by atoms with van der Waals surface area (Å²) in [5.74, 6) is -0.750. The predicted octanol–water partition coefficient (Wildman–Crippen LogP) is 10.4. The number of esters is 2. The van der Waals surface area contributed by atoms with Crippen LogP contribution in [0.25, 0.3) is 0 Å². The fourth-order valence-corrected chi connectivity index (χ4v) is 7.13. The SMILES string of the molecule is CCCCCCCC/C=C\CCCCCCCC(=O)OC[C@H]1O[C@H](OC[C@@](CC)(CO)COC(=O)CCCCCCC/C=C\CCCCCCCC)[C@H](O)[C@@H](O)[C@@H]1O. The van der Waals surface area contributed by atoms with Gasteiger partial charge in [0.1, 0.15) is 37.6 Å². The first-order valence-electron chi connectivity index (χ1n) is 23.8. The standard InChI is InChI=1S/C48H88O10/c1-4-7-9-11-13-15-17-19-21-23-25-27-29-31-33-35-42(50)55-37-41-44(52)45(53)46(54)47(58-41)57-40-48(6-3,38-49)39-56-43(51)36-34-32-30-28-26-24-22-20-18-16-14-12-10-8-5-2/h19-22,41,44-47,49,52-54H,4-18,23-40H2,1-3H3/b21-19-,22-20-/t41-,44-,45+,46-,47+,48+/m1/s1. The first-order valence-corrected chi connectivity index (χ1v) is 23.8. The molecule has 0 radical (unpaired) electrons. The Morgan fingerprint density at radius 1 is 0.534 bits per heavy atom. The van der Waals surface area contributed by atoms with Crippen LogP contribution in [0.1, 0.15) is 207 Å². The number of carbonyl (C=O) groups is 2. The molecule has 0 aromatic carbocycles. The van der Waals surface area contributed by atoms with Crippen molar-refractivity contribution in [1.29, 1.82) is 0 Å². The number of allylic oxidation sites excluding steroid dienone is 4. The van der Waals surface area contributed by atoms with Crippen LogP contribution in [0.4, 0.5) is 0 Å². The minimum Gasteiger partial charge on any atom is -0.465 e. The van der Waals surface area contributed by atoms with E-state index >= 15 is 0 Å². The Hall–Kier alpha value is -1.82. The van der Waals surface area contributed by atoms with E-state index in [2.05, 4.69) is 38.2 Å². The number of aliphatic hydroxyl groups is 4. The third-order valence-corrected chi connectivity index (χ3v) is 11.5. The number of carbonyl (C=O) groups excluding carboxylic acids is 2. The highest BCUT2D eigenvalue weighted by atomic mass is 16.7. The Labute approximate surface area is 353 Å². The maximum Gasteiger partial charge on any atom is 0.305 e. The maximum atomic E-state index is 12.5. The molecule has 340 valence electrons. The molecule has 0 bridgehead atoms. The normalized spacial score (nSPS) is 20.8. The van der Waals surface area contributed by atoms with Crippen molar-refractivity contribution >= 4 is 11.9 Å². The van der Waals surface area contributed by atoms with Crippen LogP contribution in [0.3, 0.4) is 0 Å². The smallest absolute Gasteiger partial charge is 0.305 e. The Morgan fingerprint density at radius 3 is 1.38 bits per heavy atom. The molecule has 1 aliphatic rings. The topological polar surface area (TPSA) is 152 Å². The molecular weight excluding hydrogens is 737 g/mol. The zero-order valence-corrected chi connectivity index (χ0v) is 37.3. The summed E-state index contributed by atoms with van der Waals surface area (Å²) in [4.78, 5) is 25.0. The largest absolute Gasteiger partial charge is 0.465 e. The van der Waals surface area contributed by atoms with Crippen molar-refractivity contribution in [2.24, 2.45) is 5.41 Å². The number of hydrogen-bond acceptors (Lipinski definition) is 10. The summed E-state index contributed by atoms with van der Waals surface area (Å²) in [7, 11) is 0. The van der Waals surface area contributed by atoms with E-state index in [0.29, 0.717) is 19.3 Å². The third kappa shape index (κ3) is 27.1. The molecule has 0 amide bonds. The predicted molar refractivity (Wildman–Crippen MR) is 233 cm³/mol. The van der Waals surface area contributed by atoms with E-state index in [9.17, 15) is 30.0 Å². The molecule has 0 spiro atoms. The molecule has 0 aromatic rings. The van der Waals surface area contributed by atoms with Gasteiger partial charge in [-0.05, 0) is 70.6 Å². The van der Waals surface area contributed by atoms with Crippen molar-refractivity contribution in [3.63, 3.8) is 0 Å². The Morgan fingerprint density at radius 2 is 0.948 bits per heavy atom. The minimum atomic E-state index is -1.60. The molecule has 10 heteroatoms. The fourth-order valence-electron chi connectivity index (χ4n) is 7.13. The second-order valence-corrected chi connectivity index (χ2v) is 16.8. The van der Waals surface area contributed by atoms with Crippen LogP contribution in [0, 0.1) is 5.41 Å². The number of rotatable bonds is 39. The van der Waals surface area contributed by atoms with E-state index in [1.54, 1.807) is 0 Å². The molecular formula is C48H88O10. The first kappa shape index (κ1) is 54.2. The zero-order chi connectivity index (χ0) is 42.5. The van der Waals surface area contributed by atoms with Gasteiger partial charge in [-0.3, -0.25) is 9.59 Å². The van der Waals surface area contributed by atoms with Gasteiger partial charge in [0.2, 0.25) is 0 Å². The quantitative estimate of drug-likeness (QED) is 0.0268. The molecule has 1 fully saturated rings. The molecule has 1 rings (SSSR count). The second kappa shape index (κ2) is 37.0. The average Bonchev–Trinajstić information content (AvgIpc) is 3.23. The highest BCUT2D eigenvalue weighted by Crippen LogP contribution is 2.28. The van der Waals surface area contributed by atoms with Crippen LogP contribution in [-0.4, -0.2) is 89.5 Å². The lowest BCUT2D eigenvalue weighted by atomic mass is 9.88. The van der Waals surface area contributed by atoms with Crippen LogP contribution in [0.5, 0.6) is 0 Å². The van der Waals surface area contributed by atoms with Crippen LogP contribution in [0.15, 0.2) is 24.3 Å². The van der Waals surface area contributed by atoms with Gasteiger partial charge in [0, 0.05) is 12.8 Å². The summed E-state index contributed by atoms with van der Waals surface area (Å²) in [6, 6.07) is 0. The lowest BCUT2D eigenvalue weighted by Gasteiger charge is -2.41. The molecule has 0 aromatic heterocycles. The first-order chi connectivity index (χ1) is 28.2. The van der Waals surface area contributed by atoms with Gasteiger partial charge in [0.15, 0.2) is 6.29 Å². The van der Waals surface area contributed by atoms with Crippen molar-refractivity contribution in [2.45, 2.75) is 238 Å². The highest BCUT2D eigenvalue weighted by Gasteiger charge is 2.46. The number of hydrogen-bond donors (Lipinski definition) is 4. The van der Waals surface area contributed by atoms with Gasteiger partial charge in [0.05, 0.1) is 18.6 Å². The van der Waals surface area contributed by atoms with Gasteiger partial charge in [-0.1, -0.05) is 148 Å². The van der Waals surface area contributed by atoms with Gasteiger partial charge in [-0.15, -0.1) is 0 Å². The van der Waals surface area contributed by atoms with Gasteiger partial charge in [-0.2, -0.15) is 0 Å². The number of unbranched alkanes of at least 4 members (excludes halogenated alkanes) is 22. The van der Waals surface area contributed by atoms with Crippen molar-refractivity contribution in [3.8, 4) is 0 Å². The molecule has 1 saturated heterocycles. The van der Waals surface area contributed by atoms with E-state index in [4.69, 9.17) is 18.9 Å². The van der Waals surface area contributed by atoms with E-state index < -0.39 is 42.1 Å². The summed E-state index contributed by atoms with van der Waals surface area (Å²) in [5, 5.41) is 41.9. The molecule has 4 N–H and O–H groups in total. The summed E-state index contributed by atoms with van der Waals surface area (Å²) in [6.07, 6.45) is 33.5. The zero-order valence-electron chi connectivity index (χ0n) is 37.3. The van der Waals surface area contributed by atoms with Gasteiger partial charge >= 0.3 is 11.9 Å². The molecule has 1 aliphatic heterocycles. The van der Waals surface area contributed by atoms with Gasteiger partial charge in [-0.25, -0.2) is 0 Å². The Kier molecular flexibility index (Phi) is 34.6. The lowest BCUT2D eigenvalue weighted by Crippen LogP contribution is -2.60. The summed E-state index contributed by atoms with van der Waals surface area (Å²) in [6.45, 7) is 5.48. The van der Waals surface area contributed by atoms with E-state index in [0.717, 1.165) is 70.6 Å². The molecule has 0 saturated carbocycles. The van der Waals surface area contributed by atoms with Crippen LogP contribution < -0.4 is 0 Å². The molecule has 6 atom stereocenters. The van der Waals surface area contributed by atoms with Crippen molar-refractivity contribution in [1.82, 2.24) is 0 Å². The number of ether oxygens (including phenoxy) is 4. The van der Waals surface area contributed by atoms with E-state index in [1.165, 1.54) is 89.9 Å². The van der Waals surface area contributed by atoms with Crippen LogP contribution >= 0.6 is 0 Å². The van der Waals surface area contributed by atoms with Crippen molar-refractivity contribution < 1.29 is 49.0 Å². The van der Waals surface area contributed by atoms with Gasteiger partial charge < -0.3 is 39.4 Å². The third-order valence-electron chi connectivity index (χ3n) is 11.5. The average molecular weight is 825 g/mol. The number of aliphatic hydroxyl groups excluding tert-OH is 4. The highest BCUT2D eigenvalue weighted by molar-refractivity contribution is 5.69. The Bertz CT molecular complexity index is 1030. The van der Waals surface area contributed by atoms with E-state index in [-0.39, 0.29) is 38.8 Å². The minimum absolute atomic E-state index is 0.0741. The summed E-state index contributed by atoms with van der Waals surface area (Å²) >= 11 is 0. The fraction of sp³-hybridized carbons (Fsp3) is 0.875. The monoisotopic (exact) mass is 825 g/mol. The molecule has 0 unspecified atom stereocenters. The van der Waals surface area contributed by atoms with Crippen molar-refractivity contribution in [2.75, 3.05) is 26.4 Å². The van der Waals surface area contributed by atoms with Crippen molar-refractivity contribution in [3.05, 3.63) is 24.3 Å². The van der Waals surface area contributed by atoms with Crippen LogP contribution in [-0.2, 0) is 28.5 Å². The molecule has 10 nitrogen and oxygen atoms in total. The van der Waals surface area contributed by atoms with Gasteiger partial charge in [0.25, 0.3) is 0 Å². The summed E-state index contributed by atoms with van der Waals surface area (Å²) < 4.78 is 22.5. The second-order valence-electron chi connectivity index (χ2n) is 16.8. The molecule has 58 heavy (non-hydrogen) atoms. The van der Waals surface area contributed by atoms with Crippen LogP contribution in [0.2, 0.25) is 0 Å². The summed E-state index contributed by atoms with van der Waals surface area (Å²) in [5.41, 5.74) is -0.950. The Balaban J connectivity index is 2.27. The lowest BCUT2D eigenvalue weighted by molar-refractivity contribution is -0.308.